The van der Waals surface area contributed by atoms with E-state index < -0.39 is 10.7 Å². The van der Waals surface area contributed by atoms with Gasteiger partial charge in [0.25, 0.3) is 0 Å². The van der Waals surface area contributed by atoms with Crippen molar-refractivity contribution in [1.29, 1.82) is 0 Å². The Bertz CT molecular complexity index is 637. The normalized spacial score (nSPS) is 9.50. The van der Waals surface area contributed by atoms with Crippen molar-refractivity contribution >= 4 is 46.2 Å². The minimum Gasteiger partial charge on any atom is -0.396 e. The molecule has 0 saturated carbocycles. The van der Waals surface area contributed by atoms with Crippen molar-refractivity contribution in [3.8, 4) is 0 Å². The van der Waals surface area contributed by atoms with Gasteiger partial charge in [0.15, 0.2) is 0 Å². The van der Waals surface area contributed by atoms with E-state index in [9.17, 15) is 10.1 Å². The highest BCUT2D eigenvalue weighted by Crippen LogP contribution is 2.19. The summed E-state index contributed by atoms with van der Waals surface area (Å²) in [6.45, 7) is 0. The third kappa shape index (κ3) is 4.41. The maximum absolute atomic E-state index is 10.2. The Balaban J connectivity index is 0.000000204. The van der Waals surface area contributed by atoms with Gasteiger partial charge in [-0.25, -0.2) is 4.98 Å². The van der Waals surface area contributed by atoms with Crippen LogP contribution in [0.2, 0.25) is 10.3 Å². The topological polar surface area (TPSA) is 147 Å². The van der Waals surface area contributed by atoms with E-state index in [4.69, 9.17) is 40.4 Å². The molecule has 0 amide bonds. The largest absolute Gasteiger partial charge is 0.396 e. The molecule has 0 aromatic carbocycles. The van der Waals surface area contributed by atoms with Gasteiger partial charge in [0.05, 0.1) is 5.69 Å². The molecule has 8 nitrogen and oxygen atoms in total. The minimum absolute atomic E-state index is 0.0133. The van der Waals surface area contributed by atoms with Gasteiger partial charge in [-0.05, 0) is 39.7 Å². The predicted octanol–water partition coefficient (Wildman–Crippen LogP) is 2.12. The SMILES string of the molecule is Nc1ccc(Cl)nc1N.Nc1ccc(Cl)nc1[N+](=O)[O-]. The highest BCUT2D eigenvalue weighted by Gasteiger charge is 2.13. The van der Waals surface area contributed by atoms with Gasteiger partial charge in [0.2, 0.25) is 5.15 Å². The molecular weight excluding hydrogens is 307 g/mol. The number of pyridine rings is 2. The number of hydrogen-bond acceptors (Lipinski definition) is 7. The smallest absolute Gasteiger partial charge is 0.388 e. The lowest BCUT2D eigenvalue weighted by Gasteiger charge is -1.95. The lowest BCUT2D eigenvalue weighted by Crippen LogP contribution is -1.97. The first-order valence-electron chi connectivity index (χ1n) is 5.05. The number of nitro groups is 1. The third-order valence-corrected chi connectivity index (χ3v) is 2.39. The third-order valence-electron chi connectivity index (χ3n) is 1.97. The molecule has 0 atom stereocenters. The predicted molar refractivity (Wildman–Crippen MR) is 78.4 cm³/mol. The molecule has 0 radical (unpaired) electrons. The summed E-state index contributed by atoms with van der Waals surface area (Å²) >= 11 is 10.9. The second-order valence-corrected chi connectivity index (χ2v) is 4.19. The van der Waals surface area contributed by atoms with Gasteiger partial charge in [-0.3, -0.25) is 0 Å². The number of aromatic nitrogens is 2. The highest BCUT2D eigenvalue weighted by molar-refractivity contribution is 6.29. The van der Waals surface area contributed by atoms with E-state index in [1.165, 1.54) is 12.1 Å². The Morgan fingerprint density at radius 2 is 1.45 bits per heavy atom. The van der Waals surface area contributed by atoms with Gasteiger partial charge in [-0.2, -0.15) is 0 Å². The molecule has 2 aromatic heterocycles. The molecule has 0 aliphatic heterocycles. The molecule has 0 unspecified atom stereocenters. The number of hydrogen-bond donors (Lipinski definition) is 3. The number of rotatable bonds is 1. The van der Waals surface area contributed by atoms with Crippen LogP contribution in [0, 0.1) is 10.1 Å². The fraction of sp³-hybridized carbons (Fsp3) is 0. The molecule has 2 aromatic rings. The molecule has 6 N–H and O–H groups in total. The first kappa shape index (κ1) is 15.7. The Morgan fingerprint density at radius 1 is 0.950 bits per heavy atom. The number of nitrogens with zero attached hydrogens (tertiary/aromatic N) is 3. The molecule has 0 bridgehead atoms. The summed E-state index contributed by atoms with van der Waals surface area (Å²) in [4.78, 5) is 16.6. The quantitative estimate of drug-likeness (QED) is 0.414. The summed E-state index contributed by atoms with van der Waals surface area (Å²) in [5, 5.41) is 10.6. The van der Waals surface area contributed by atoms with Crippen LogP contribution in [0.5, 0.6) is 0 Å². The lowest BCUT2D eigenvalue weighted by molar-refractivity contribution is -0.388. The standard InChI is InChI=1S/C5H4ClN3O2.C5H6ClN3/c6-4-2-1-3(7)5(8-4)9(10)11;6-4-2-1-3(7)5(8)9-4/h1-2H,7H2;1-2H,7H2,(H2,8,9). The van der Waals surface area contributed by atoms with E-state index in [2.05, 4.69) is 9.97 Å². The highest BCUT2D eigenvalue weighted by atomic mass is 35.5. The van der Waals surface area contributed by atoms with Crippen molar-refractivity contribution in [2.45, 2.75) is 0 Å². The van der Waals surface area contributed by atoms with Gasteiger partial charge >= 0.3 is 5.82 Å². The van der Waals surface area contributed by atoms with Gasteiger partial charge in [0.1, 0.15) is 16.7 Å². The van der Waals surface area contributed by atoms with E-state index in [1.807, 2.05) is 0 Å². The molecular formula is C10H10Cl2N6O2. The second-order valence-electron chi connectivity index (χ2n) is 3.41. The van der Waals surface area contributed by atoms with Gasteiger partial charge < -0.3 is 27.3 Å². The molecule has 106 valence electrons. The summed E-state index contributed by atoms with van der Waals surface area (Å²) in [5.41, 5.74) is 16.3. The molecule has 2 heterocycles. The van der Waals surface area contributed by atoms with Crippen LogP contribution in [0.15, 0.2) is 24.3 Å². The molecule has 2 rings (SSSR count). The zero-order chi connectivity index (χ0) is 15.3. The van der Waals surface area contributed by atoms with Crippen molar-refractivity contribution in [3.63, 3.8) is 0 Å². The van der Waals surface area contributed by atoms with Crippen molar-refractivity contribution in [1.82, 2.24) is 9.97 Å². The second kappa shape index (κ2) is 6.73. The van der Waals surface area contributed by atoms with Crippen LogP contribution in [-0.4, -0.2) is 14.9 Å². The van der Waals surface area contributed by atoms with E-state index in [1.54, 1.807) is 12.1 Å². The summed E-state index contributed by atoms with van der Waals surface area (Å²) in [6, 6.07) is 5.94. The Labute approximate surface area is 123 Å². The van der Waals surface area contributed by atoms with Crippen LogP contribution >= 0.6 is 23.2 Å². The zero-order valence-corrected chi connectivity index (χ0v) is 11.5. The number of halogens is 2. The van der Waals surface area contributed by atoms with Crippen molar-refractivity contribution in [2.75, 3.05) is 17.2 Å². The fourth-order valence-electron chi connectivity index (χ4n) is 1.04. The summed E-state index contributed by atoms with van der Waals surface area (Å²) < 4.78 is 0. The number of anilines is 3. The van der Waals surface area contributed by atoms with Gasteiger partial charge in [0, 0.05) is 6.07 Å². The monoisotopic (exact) mass is 316 g/mol. The number of nitrogens with two attached hydrogens (primary N) is 3. The molecule has 0 aliphatic carbocycles. The molecule has 20 heavy (non-hydrogen) atoms. The van der Waals surface area contributed by atoms with Crippen molar-refractivity contribution in [2.24, 2.45) is 0 Å². The average Bonchev–Trinajstić information content (AvgIpc) is 2.38. The fourth-order valence-corrected chi connectivity index (χ4v) is 1.34. The molecule has 10 heteroatoms. The van der Waals surface area contributed by atoms with Gasteiger partial charge in [-0.1, -0.05) is 11.6 Å². The molecule has 0 spiro atoms. The Kier molecular flexibility index (Phi) is 5.30. The molecule has 0 aliphatic rings. The van der Waals surface area contributed by atoms with E-state index in [-0.39, 0.29) is 16.7 Å². The first-order chi connectivity index (χ1) is 9.31. The van der Waals surface area contributed by atoms with E-state index >= 15 is 0 Å². The van der Waals surface area contributed by atoms with E-state index in [0.29, 0.717) is 10.8 Å². The molecule has 0 saturated heterocycles. The first-order valence-corrected chi connectivity index (χ1v) is 5.80. The maximum Gasteiger partial charge on any atom is 0.388 e. The van der Waals surface area contributed by atoms with Crippen LogP contribution in [0.1, 0.15) is 0 Å². The minimum atomic E-state index is -0.679. The maximum atomic E-state index is 10.2. The van der Waals surface area contributed by atoms with Crippen LogP contribution in [0.4, 0.5) is 23.0 Å². The van der Waals surface area contributed by atoms with Crippen LogP contribution in [0.25, 0.3) is 0 Å². The van der Waals surface area contributed by atoms with Crippen molar-refractivity contribution < 1.29 is 4.92 Å². The number of nitrogen functional groups attached to an aromatic ring is 3. The van der Waals surface area contributed by atoms with Crippen LogP contribution < -0.4 is 17.2 Å². The summed E-state index contributed by atoms with van der Waals surface area (Å²) in [6.07, 6.45) is 0. The lowest BCUT2D eigenvalue weighted by atomic mass is 10.4. The van der Waals surface area contributed by atoms with E-state index in [0.717, 1.165) is 0 Å². The average molecular weight is 317 g/mol. The van der Waals surface area contributed by atoms with Crippen molar-refractivity contribution in [3.05, 3.63) is 44.7 Å². The summed E-state index contributed by atoms with van der Waals surface area (Å²) in [7, 11) is 0. The summed E-state index contributed by atoms with van der Waals surface area (Å²) in [5.74, 6) is -0.125. The molecule has 0 fully saturated rings. The van der Waals surface area contributed by atoms with Crippen LogP contribution in [-0.2, 0) is 0 Å². The van der Waals surface area contributed by atoms with Gasteiger partial charge in [-0.15, -0.1) is 0 Å². The van der Waals surface area contributed by atoms with Crippen LogP contribution in [0.3, 0.4) is 0 Å². The zero-order valence-electron chi connectivity index (χ0n) is 9.96. The Hall–Kier alpha value is -2.32. The Morgan fingerprint density at radius 3 is 1.85 bits per heavy atom.